The van der Waals surface area contributed by atoms with E-state index in [1.807, 2.05) is 18.2 Å². The third-order valence-electron chi connectivity index (χ3n) is 5.73. The second kappa shape index (κ2) is 9.87. The van der Waals surface area contributed by atoms with Crippen molar-refractivity contribution in [1.82, 2.24) is 20.1 Å². The lowest BCUT2D eigenvalue weighted by Crippen LogP contribution is -2.46. The van der Waals surface area contributed by atoms with E-state index in [0.29, 0.717) is 11.4 Å². The largest absolute Gasteiger partial charge is 0.438 e. The lowest BCUT2D eigenvalue weighted by Gasteiger charge is -2.32. The smallest absolute Gasteiger partial charge is 0.250 e. The summed E-state index contributed by atoms with van der Waals surface area (Å²) in [6.45, 7) is 7.41. The molecule has 0 unspecified atom stereocenters. The minimum atomic E-state index is -0.506. The minimum absolute atomic E-state index is 0.357. The van der Waals surface area contributed by atoms with Crippen molar-refractivity contribution in [2.24, 2.45) is 5.73 Å². The summed E-state index contributed by atoms with van der Waals surface area (Å²) >= 11 is 0. The topological polar surface area (TPSA) is 83.7 Å². The monoisotopic (exact) mass is 419 g/mol. The molecule has 162 valence electrons. The molecule has 0 radical (unpaired) electrons. The van der Waals surface area contributed by atoms with E-state index in [1.54, 1.807) is 12.1 Å². The molecule has 4 rings (SSSR count). The number of pyridine rings is 1. The molecule has 1 saturated heterocycles. The van der Waals surface area contributed by atoms with Gasteiger partial charge in [-0.1, -0.05) is 30.3 Å². The van der Waals surface area contributed by atoms with Gasteiger partial charge >= 0.3 is 0 Å². The Kier molecular flexibility index (Phi) is 6.76. The average molecular weight is 420 g/mol. The lowest BCUT2D eigenvalue weighted by atomic mass is 10.0. The van der Waals surface area contributed by atoms with Crippen molar-refractivity contribution in [3.63, 3.8) is 0 Å². The van der Waals surface area contributed by atoms with Gasteiger partial charge in [-0.05, 0) is 30.1 Å². The van der Waals surface area contributed by atoms with Crippen molar-refractivity contribution >= 4 is 16.7 Å². The van der Waals surface area contributed by atoms with Gasteiger partial charge in [-0.15, -0.1) is 0 Å². The molecular weight excluding hydrogens is 390 g/mol. The molecule has 3 aromatic rings. The molecule has 0 saturated carbocycles. The van der Waals surface area contributed by atoms with E-state index < -0.39 is 5.91 Å². The first-order valence-electron chi connectivity index (χ1n) is 10.7. The van der Waals surface area contributed by atoms with Crippen LogP contribution in [0.25, 0.3) is 10.8 Å². The first-order chi connectivity index (χ1) is 15.1. The zero-order chi connectivity index (χ0) is 21.6. The Bertz CT molecular complexity index is 1030. The van der Waals surface area contributed by atoms with Crippen molar-refractivity contribution in [2.75, 3.05) is 46.3 Å². The van der Waals surface area contributed by atoms with Crippen LogP contribution in [0.15, 0.2) is 54.7 Å². The maximum atomic E-state index is 11.2. The molecule has 1 aliphatic heterocycles. The van der Waals surface area contributed by atoms with Gasteiger partial charge in [-0.25, -0.2) is 4.98 Å². The Labute approximate surface area is 182 Å². The summed E-state index contributed by atoms with van der Waals surface area (Å²) in [7, 11) is 2.18. The Morgan fingerprint density at radius 2 is 1.84 bits per heavy atom. The zero-order valence-corrected chi connectivity index (χ0v) is 17.9. The van der Waals surface area contributed by atoms with E-state index in [2.05, 4.69) is 45.3 Å². The van der Waals surface area contributed by atoms with Crippen LogP contribution in [0, 0.1) is 0 Å². The SMILES string of the molecule is CN1CCN(CCNCc2ccc(Oc3ccc(C(N)=O)cn3)c3ccccc23)CC1. The highest BCUT2D eigenvalue weighted by Crippen LogP contribution is 2.31. The van der Waals surface area contributed by atoms with Crippen molar-refractivity contribution < 1.29 is 9.53 Å². The molecule has 0 spiro atoms. The number of nitrogens with zero attached hydrogens (tertiary/aromatic N) is 3. The van der Waals surface area contributed by atoms with Crippen LogP contribution in [0.1, 0.15) is 15.9 Å². The second-order valence-corrected chi connectivity index (χ2v) is 7.94. The Morgan fingerprint density at radius 1 is 1.06 bits per heavy atom. The number of carbonyl (C=O) groups is 1. The normalized spacial score (nSPS) is 15.3. The summed E-state index contributed by atoms with van der Waals surface area (Å²) < 4.78 is 6.00. The molecule has 2 heterocycles. The molecule has 2 aromatic carbocycles. The van der Waals surface area contributed by atoms with E-state index in [-0.39, 0.29) is 0 Å². The van der Waals surface area contributed by atoms with Gasteiger partial charge in [0.2, 0.25) is 11.8 Å². The maximum Gasteiger partial charge on any atom is 0.250 e. The molecule has 1 aliphatic rings. The number of hydrogen-bond donors (Lipinski definition) is 2. The number of primary amides is 1. The highest BCUT2D eigenvalue weighted by atomic mass is 16.5. The van der Waals surface area contributed by atoms with E-state index in [0.717, 1.165) is 62.3 Å². The van der Waals surface area contributed by atoms with E-state index >= 15 is 0 Å². The third-order valence-corrected chi connectivity index (χ3v) is 5.73. The van der Waals surface area contributed by atoms with Crippen LogP contribution in [-0.2, 0) is 6.54 Å². The van der Waals surface area contributed by atoms with Crippen LogP contribution >= 0.6 is 0 Å². The highest BCUT2D eigenvalue weighted by Gasteiger charge is 2.13. The minimum Gasteiger partial charge on any atom is -0.438 e. The van der Waals surface area contributed by atoms with Crippen molar-refractivity contribution in [2.45, 2.75) is 6.54 Å². The molecule has 3 N–H and O–H groups in total. The summed E-state index contributed by atoms with van der Waals surface area (Å²) in [5.74, 6) is 0.651. The number of likely N-dealkylation sites (N-methyl/N-ethyl adjacent to an activating group) is 1. The molecular formula is C24H29N5O2. The number of aromatic nitrogens is 1. The van der Waals surface area contributed by atoms with E-state index in [1.165, 1.54) is 11.8 Å². The summed E-state index contributed by atoms with van der Waals surface area (Å²) in [4.78, 5) is 20.3. The summed E-state index contributed by atoms with van der Waals surface area (Å²) in [6, 6.07) is 15.6. The van der Waals surface area contributed by atoms with Gasteiger partial charge in [0.1, 0.15) is 5.75 Å². The number of piperazine rings is 1. The Hall–Kier alpha value is -3.00. The first kappa shape index (κ1) is 21.2. The molecule has 31 heavy (non-hydrogen) atoms. The number of nitrogens with two attached hydrogens (primary N) is 1. The van der Waals surface area contributed by atoms with Crippen LogP contribution in [0.5, 0.6) is 11.6 Å². The predicted molar refractivity (Wildman–Crippen MR) is 122 cm³/mol. The fraction of sp³-hybridized carbons (Fsp3) is 0.333. The summed E-state index contributed by atoms with van der Waals surface area (Å²) in [5, 5.41) is 5.77. The zero-order valence-electron chi connectivity index (χ0n) is 17.9. The molecule has 1 fully saturated rings. The van der Waals surface area contributed by atoms with Crippen LogP contribution in [-0.4, -0.2) is 67.0 Å². The van der Waals surface area contributed by atoms with Gasteiger partial charge in [-0.3, -0.25) is 9.69 Å². The van der Waals surface area contributed by atoms with Crippen LogP contribution in [0.4, 0.5) is 0 Å². The molecule has 7 nitrogen and oxygen atoms in total. The highest BCUT2D eigenvalue weighted by molar-refractivity contribution is 5.92. The second-order valence-electron chi connectivity index (χ2n) is 7.94. The third kappa shape index (κ3) is 5.38. The van der Waals surface area contributed by atoms with Crippen LogP contribution in [0.2, 0.25) is 0 Å². The van der Waals surface area contributed by atoms with Crippen molar-refractivity contribution in [3.8, 4) is 11.6 Å². The molecule has 0 aliphatic carbocycles. The van der Waals surface area contributed by atoms with Crippen molar-refractivity contribution in [3.05, 3.63) is 65.9 Å². The summed E-state index contributed by atoms with van der Waals surface area (Å²) in [5.41, 5.74) is 6.87. The summed E-state index contributed by atoms with van der Waals surface area (Å²) in [6.07, 6.45) is 1.43. The maximum absolute atomic E-state index is 11.2. The number of fused-ring (bicyclic) bond motifs is 1. The fourth-order valence-electron chi connectivity index (χ4n) is 3.81. The number of amides is 1. The molecule has 0 bridgehead atoms. The Morgan fingerprint density at radius 3 is 2.55 bits per heavy atom. The first-order valence-corrected chi connectivity index (χ1v) is 10.7. The van der Waals surface area contributed by atoms with E-state index in [9.17, 15) is 4.79 Å². The standard InChI is InChI=1S/C24H29N5O2/c1-28-12-14-29(15-13-28)11-10-26-16-18-6-8-22(21-5-3-2-4-20(18)21)31-23-9-7-19(17-27-23)24(25)30/h2-9,17,26H,10-16H2,1H3,(H2,25,30). The average Bonchev–Trinajstić information content (AvgIpc) is 2.79. The van der Waals surface area contributed by atoms with Gasteiger partial charge in [-0.2, -0.15) is 0 Å². The van der Waals surface area contributed by atoms with Crippen LogP contribution < -0.4 is 15.8 Å². The van der Waals surface area contributed by atoms with Gasteiger partial charge < -0.3 is 20.7 Å². The molecule has 1 aromatic heterocycles. The Balaban J connectivity index is 1.41. The number of hydrogen-bond acceptors (Lipinski definition) is 6. The number of ether oxygens (including phenoxy) is 1. The quantitative estimate of drug-likeness (QED) is 0.546. The number of nitrogens with one attached hydrogen (secondary N) is 1. The molecule has 0 atom stereocenters. The fourth-order valence-corrected chi connectivity index (χ4v) is 3.81. The van der Waals surface area contributed by atoms with Crippen LogP contribution in [0.3, 0.4) is 0 Å². The number of carbonyl (C=O) groups excluding carboxylic acids is 1. The molecule has 1 amide bonds. The number of rotatable bonds is 8. The molecule has 7 heteroatoms. The van der Waals surface area contributed by atoms with Gasteiger partial charge in [0.25, 0.3) is 0 Å². The van der Waals surface area contributed by atoms with Gasteiger partial charge in [0.05, 0.1) is 5.56 Å². The van der Waals surface area contributed by atoms with E-state index in [4.69, 9.17) is 10.5 Å². The van der Waals surface area contributed by atoms with Gasteiger partial charge in [0.15, 0.2) is 0 Å². The number of benzene rings is 2. The predicted octanol–water partition coefficient (Wildman–Crippen LogP) is 2.46. The van der Waals surface area contributed by atoms with Crippen molar-refractivity contribution in [1.29, 1.82) is 0 Å². The van der Waals surface area contributed by atoms with Gasteiger partial charge in [0, 0.05) is 63.5 Å². The lowest BCUT2D eigenvalue weighted by molar-refractivity contribution is 0.1000.